The predicted octanol–water partition coefficient (Wildman–Crippen LogP) is 2.58. The molecule has 3 heterocycles. The number of benzene rings is 1. The first kappa shape index (κ1) is 13.9. The maximum atomic E-state index is 12.4. The molecule has 23 heavy (non-hydrogen) atoms. The van der Waals surface area contributed by atoms with Gasteiger partial charge in [-0.2, -0.15) is 9.50 Å². The van der Waals surface area contributed by atoms with Crippen molar-refractivity contribution in [3.8, 4) is 11.4 Å². The van der Waals surface area contributed by atoms with Gasteiger partial charge in [0.15, 0.2) is 5.82 Å². The molecule has 0 unspecified atom stereocenters. The molecule has 0 fully saturated rings. The summed E-state index contributed by atoms with van der Waals surface area (Å²) in [4.78, 5) is 17.5. The minimum atomic E-state index is -0.176. The van der Waals surface area contributed by atoms with Crippen LogP contribution < -0.4 is 10.1 Å². The van der Waals surface area contributed by atoms with Gasteiger partial charge in [-0.15, -0.1) is 5.10 Å². The van der Waals surface area contributed by atoms with Crippen LogP contribution in [0, 0.1) is 13.8 Å². The Morgan fingerprint density at radius 1 is 1.13 bits per heavy atom. The molecule has 0 saturated carbocycles. The van der Waals surface area contributed by atoms with E-state index in [1.807, 2.05) is 50.2 Å². The molecule has 0 aliphatic rings. The van der Waals surface area contributed by atoms with E-state index in [2.05, 4.69) is 10.1 Å². The summed E-state index contributed by atoms with van der Waals surface area (Å²) in [5.74, 6) is 2.03. The smallest absolute Gasteiger partial charge is 0.291 e. The summed E-state index contributed by atoms with van der Waals surface area (Å²) >= 11 is 1.31. The van der Waals surface area contributed by atoms with E-state index >= 15 is 0 Å². The van der Waals surface area contributed by atoms with Crippen LogP contribution in [0.25, 0.3) is 22.4 Å². The predicted molar refractivity (Wildman–Crippen MR) is 89.5 cm³/mol. The maximum absolute atomic E-state index is 12.4. The molecule has 3 aromatic heterocycles. The van der Waals surface area contributed by atoms with E-state index in [1.165, 1.54) is 21.4 Å². The van der Waals surface area contributed by atoms with Crippen LogP contribution in [0.4, 0.5) is 0 Å². The van der Waals surface area contributed by atoms with Gasteiger partial charge in [0, 0.05) is 11.6 Å². The molecule has 4 aromatic rings. The van der Waals surface area contributed by atoms with Gasteiger partial charge in [0.1, 0.15) is 16.1 Å². The van der Waals surface area contributed by atoms with Crippen LogP contribution in [0.15, 0.2) is 45.6 Å². The van der Waals surface area contributed by atoms with E-state index in [-0.39, 0.29) is 5.56 Å². The lowest BCUT2D eigenvalue weighted by molar-refractivity contribution is 0.525. The fourth-order valence-corrected chi connectivity index (χ4v) is 3.21. The van der Waals surface area contributed by atoms with Gasteiger partial charge in [0.05, 0.1) is 0 Å². The highest BCUT2D eigenvalue weighted by molar-refractivity contribution is 7.15. The first-order valence-corrected chi connectivity index (χ1v) is 7.96. The van der Waals surface area contributed by atoms with Gasteiger partial charge in [-0.3, -0.25) is 4.79 Å². The maximum Gasteiger partial charge on any atom is 0.291 e. The number of aryl methyl sites for hydroxylation is 2. The average molecular weight is 323 g/mol. The normalized spacial score (nSPS) is 12.3. The zero-order valence-corrected chi connectivity index (χ0v) is 13.4. The van der Waals surface area contributed by atoms with Crippen LogP contribution in [0.5, 0.6) is 0 Å². The molecule has 0 radical (unpaired) electrons. The molecule has 0 atom stereocenters. The zero-order valence-electron chi connectivity index (χ0n) is 12.6. The van der Waals surface area contributed by atoms with Gasteiger partial charge < -0.3 is 4.42 Å². The summed E-state index contributed by atoms with van der Waals surface area (Å²) in [6.45, 7) is 3.89. The van der Waals surface area contributed by atoms with Crippen LogP contribution in [-0.4, -0.2) is 14.6 Å². The van der Waals surface area contributed by atoms with Crippen molar-refractivity contribution in [2.45, 2.75) is 13.8 Å². The second kappa shape index (κ2) is 5.17. The summed E-state index contributed by atoms with van der Waals surface area (Å²) < 4.78 is 7.39. The molecule has 4 rings (SSSR count). The van der Waals surface area contributed by atoms with Crippen LogP contribution in [0.3, 0.4) is 0 Å². The van der Waals surface area contributed by atoms with Crippen LogP contribution >= 0.6 is 11.3 Å². The molecule has 0 aliphatic heterocycles. The Hall–Kier alpha value is -2.73. The number of aromatic nitrogens is 3. The Bertz CT molecular complexity index is 1100. The number of furan rings is 1. The van der Waals surface area contributed by atoms with Crippen LogP contribution in [0.1, 0.15) is 17.1 Å². The number of thiazole rings is 1. The van der Waals surface area contributed by atoms with Gasteiger partial charge in [-0.1, -0.05) is 41.2 Å². The molecule has 6 heteroatoms. The summed E-state index contributed by atoms with van der Waals surface area (Å²) in [5, 5.41) is 4.33. The first-order chi connectivity index (χ1) is 11.1. The van der Waals surface area contributed by atoms with Gasteiger partial charge in [0.25, 0.3) is 5.56 Å². The Morgan fingerprint density at radius 3 is 2.57 bits per heavy atom. The molecule has 0 bridgehead atoms. The molecule has 1 aromatic carbocycles. The van der Waals surface area contributed by atoms with E-state index < -0.39 is 0 Å². The second-order valence-corrected chi connectivity index (χ2v) is 6.37. The van der Waals surface area contributed by atoms with Gasteiger partial charge in [0.2, 0.25) is 4.96 Å². The van der Waals surface area contributed by atoms with Crippen molar-refractivity contribution in [2.24, 2.45) is 0 Å². The number of fused-ring (bicyclic) bond motifs is 1. The van der Waals surface area contributed by atoms with Crippen LogP contribution in [0.2, 0.25) is 0 Å². The Labute approximate surface area is 135 Å². The van der Waals surface area contributed by atoms with Crippen molar-refractivity contribution in [3.05, 3.63) is 68.4 Å². The highest BCUT2D eigenvalue weighted by Crippen LogP contribution is 2.17. The summed E-state index contributed by atoms with van der Waals surface area (Å²) in [5.41, 5.74) is 1.90. The third-order valence-electron chi connectivity index (χ3n) is 3.53. The molecule has 5 nitrogen and oxygen atoms in total. The zero-order chi connectivity index (χ0) is 16.0. The molecule has 114 valence electrons. The van der Waals surface area contributed by atoms with Crippen molar-refractivity contribution in [1.29, 1.82) is 0 Å². The minimum absolute atomic E-state index is 0.176. The Kier molecular flexibility index (Phi) is 3.12. The molecule has 0 spiro atoms. The van der Waals surface area contributed by atoms with Crippen molar-refractivity contribution in [2.75, 3.05) is 0 Å². The number of hydrogen-bond acceptors (Lipinski definition) is 5. The Balaban J connectivity index is 1.82. The van der Waals surface area contributed by atoms with E-state index in [4.69, 9.17) is 4.42 Å². The summed E-state index contributed by atoms with van der Waals surface area (Å²) in [6, 6.07) is 11.6. The van der Waals surface area contributed by atoms with E-state index in [0.29, 0.717) is 21.1 Å². The van der Waals surface area contributed by atoms with E-state index in [0.717, 1.165) is 11.3 Å². The van der Waals surface area contributed by atoms with Crippen molar-refractivity contribution in [1.82, 2.24) is 14.6 Å². The lowest BCUT2D eigenvalue weighted by atomic mass is 10.1. The molecule has 0 aliphatic carbocycles. The molecular formula is C17H13N3O2S. The fraction of sp³-hybridized carbons (Fsp3) is 0.118. The number of nitrogens with zero attached hydrogens (tertiary/aromatic N) is 3. The fourth-order valence-electron chi connectivity index (χ4n) is 2.32. The second-order valence-electron chi connectivity index (χ2n) is 5.36. The van der Waals surface area contributed by atoms with Gasteiger partial charge in [-0.25, -0.2) is 0 Å². The number of hydrogen-bond donors (Lipinski definition) is 0. The average Bonchev–Trinajstić information content (AvgIpc) is 3.19. The summed E-state index contributed by atoms with van der Waals surface area (Å²) in [6.07, 6.45) is 1.72. The lowest BCUT2D eigenvalue weighted by Crippen LogP contribution is -2.23. The highest BCUT2D eigenvalue weighted by Gasteiger charge is 2.12. The van der Waals surface area contributed by atoms with E-state index in [1.54, 1.807) is 6.08 Å². The van der Waals surface area contributed by atoms with Crippen molar-refractivity contribution < 1.29 is 4.42 Å². The SMILES string of the molecule is Cc1ccc(-c2nc3sc(=Cc4ccc(C)o4)c(=O)n3n2)cc1. The lowest BCUT2D eigenvalue weighted by Gasteiger charge is -1.94. The number of rotatable bonds is 2. The van der Waals surface area contributed by atoms with Crippen molar-refractivity contribution >= 4 is 22.4 Å². The third-order valence-corrected chi connectivity index (χ3v) is 4.49. The molecule has 0 amide bonds. The highest BCUT2D eigenvalue weighted by atomic mass is 32.1. The van der Waals surface area contributed by atoms with Crippen molar-refractivity contribution in [3.63, 3.8) is 0 Å². The van der Waals surface area contributed by atoms with Gasteiger partial charge >= 0.3 is 0 Å². The van der Waals surface area contributed by atoms with E-state index in [9.17, 15) is 4.79 Å². The minimum Gasteiger partial charge on any atom is -0.462 e. The van der Waals surface area contributed by atoms with Gasteiger partial charge in [-0.05, 0) is 26.0 Å². The molecular weight excluding hydrogens is 310 g/mol. The quantitative estimate of drug-likeness (QED) is 0.569. The molecule has 0 N–H and O–H groups in total. The molecule has 0 saturated heterocycles. The van der Waals surface area contributed by atoms with Crippen LogP contribution in [-0.2, 0) is 0 Å². The third kappa shape index (κ3) is 2.47. The summed E-state index contributed by atoms with van der Waals surface area (Å²) in [7, 11) is 0. The topological polar surface area (TPSA) is 60.4 Å². The monoisotopic (exact) mass is 323 g/mol. The largest absolute Gasteiger partial charge is 0.462 e. The standard InChI is InChI=1S/C17H13N3O2S/c1-10-3-6-12(7-4-10)15-18-17-20(19-15)16(21)14(23-17)9-13-8-5-11(2)22-13/h3-9H,1-2H3. The Morgan fingerprint density at radius 2 is 1.91 bits per heavy atom. The first-order valence-electron chi connectivity index (χ1n) is 7.15.